The Morgan fingerprint density at radius 1 is 1.15 bits per heavy atom. The molecule has 0 bridgehead atoms. The Morgan fingerprint density at radius 3 is 2.70 bits per heavy atom. The molecule has 0 unspecified atom stereocenters. The van der Waals surface area contributed by atoms with Crippen LogP contribution in [0, 0.1) is 13.8 Å². The average molecular weight is 440 g/mol. The van der Waals surface area contributed by atoms with Crippen LogP contribution < -0.4 is 0 Å². The summed E-state index contributed by atoms with van der Waals surface area (Å²) in [4.78, 5) is 4.71. The van der Waals surface area contributed by atoms with Crippen LogP contribution in [-0.4, -0.2) is 22.8 Å². The minimum Gasteiger partial charge on any atom is -0.381 e. The highest BCUT2D eigenvalue weighted by Gasteiger charge is 2.17. The molecule has 1 aliphatic heterocycles. The third-order valence-electron chi connectivity index (χ3n) is 6.68. The van der Waals surface area contributed by atoms with Crippen molar-refractivity contribution in [3.63, 3.8) is 0 Å². The summed E-state index contributed by atoms with van der Waals surface area (Å²) in [5.74, 6) is 0.597. The second-order valence-electron chi connectivity index (χ2n) is 9.12. The summed E-state index contributed by atoms with van der Waals surface area (Å²) in [5, 5.41) is 0. The molecule has 1 saturated heterocycles. The Hall–Kier alpha value is -2.91. The number of allylic oxidation sites excluding steroid dienone is 5. The first-order valence-electron chi connectivity index (χ1n) is 12.0. The molecule has 3 aromatic rings. The summed E-state index contributed by atoms with van der Waals surface area (Å²) in [6, 6.07) is 13.6. The fraction of sp³-hybridized carbons (Fsp3) is 0.333. The molecule has 4 rings (SSSR count). The molecule has 0 amide bonds. The smallest absolute Gasteiger partial charge is 0.0961 e. The van der Waals surface area contributed by atoms with E-state index in [-0.39, 0.29) is 0 Å². The van der Waals surface area contributed by atoms with E-state index in [9.17, 15) is 0 Å². The van der Waals surface area contributed by atoms with Gasteiger partial charge in [-0.3, -0.25) is 0 Å². The normalized spacial score (nSPS) is 15.5. The lowest BCUT2D eigenvalue weighted by atomic mass is 9.91. The van der Waals surface area contributed by atoms with Crippen molar-refractivity contribution in [2.24, 2.45) is 0 Å². The zero-order chi connectivity index (χ0) is 23.2. The molecule has 0 atom stereocenters. The molecule has 1 aliphatic rings. The van der Waals surface area contributed by atoms with Gasteiger partial charge in [-0.25, -0.2) is 4.98 Å². The van der Waals surface area contributed by atoms with Crippen LogP contribution in [0.25, 0.3) is 11.0 Å². The van der Waals surface area contributed by atoms with Crippen LogP contribution in [0.15, 0.2) is 78.7 Å². The summed E-state index contributed by atoms with van der Waals surface area (Å²) in [5.41, 5.74) is 9.88. The third-order valence-corrected chi connectivity index (χ3v) is 6.68. The standard InChI is InChI=1S/C30H35N2O/c1-5-24(7-6-22(2)3)8-10-26-11-9-25(18-23(26)4)20-32-21-31-29-19-28(12-13-30(29)32)27-14-16-33-17-15-27/h5-7,9,11-13,18-19,21,27H,2-3,8,10,14-17,20H2,1,4H3/b7-6-,24-5?. The molecule has 1 aromatic heterocycles. The van der Waals surface area contributed by atoms with Crippen molar-refractivity contribution in [2.75, 3.05) is 13.2 Å². The summed E-state index contributed by atoms with van der Waals surface area (Å²) in [6.45, 7) is 14.6. The van der Waals surface area contributed by atoms with Gasteiger partial charge >= 0.3 is 0 Å². The Bertz CT molecular complexity index is 1180. The summed E-state index contributed by atoms with van der Waals surface area (Å²) in [6.07, 6.45) is 12.5. The Balaban J connectivity index is 1.43. The molecule has 1 fully saturated rings. The molecule has 33 heavy (non-hydrogen) atoms. The molecule has 0 aliphatic carbocycles. The van der Waals surface area contributed by atoms with Gasteiger partial charge in [0.05, 0.1) is 17.4 Å². The van der Waals surface area contributed by atoms with E-state index >= 15 is 0 Å². The van der Waals surface area contributed by atoms with Crippen LogP contribution >= 0.6 is 0 Å². The fourth-order valence-electron chi connectivity index (χ4n) is 4.65. The SMILES string of the molecule is [CH2]C(=C)/C=C\C(=CC)CCc1ccc(Cn2cnc3cc(C4CCOCC4)ccc32)cc1C. The lowest BCUT2D eigenvalue weighted by Crippen LogP contribution is -2.13. The zero-order valence-corrected chi connectivity index (χ0v) is 20.0. The number of hydrogen-bond acceptors (Lipinski definition) is 2. The largest absolute Gasteiger partial charge is 0.381 e. The fourth-order valence-corrected chi connectivity index (χ4v) is 4.65. The van der Waals surface area contributed by atoms with Crippen LogP contribution in [0.4, 0.5) is 0 Å². The monoisotopic (exact) mass is 439 g/mol. The van der Waals surface area contributed by atoms with Crippen LogP contribution in [0.3, 0.4) is 0 Å². The molecule has 0 N–H and O–H groups in total. The first kappa shape index (κ1) is 23.3. The van der Waals surface area contributed by atoms with Gasteiger partial charge in [0.2, 0.25) is 0 Å². The molecular formula is C30H35N2O. The number of aromatic nitrogens is 2. The number of hydrogen-bond donors (Lipinski definition) is 0. The summed E-state index contributed by atoms with van der Waals surface area (Å²) >= 11 is 0. The van der Waals surface area contributed by atoms with Gasteiger partial charge in [0.25, 0.3) is 0 Å². The van der Waals surface area contributed by atoms with Gasteiger partial charge in [0.15, 0.2) is 0 Å². The van der Waals surface area contributed by atoms with Crippen molar-refractivity contribution >= 4 is 11.0 Å². The Morgan fingerprint density at radius 2 is 1.97 bits per heavy atom. The van der Waals surface area contributed by atoms with Gasteiger partial charge in [0, 0.05) is 19.8 Å². The molecule has 1 radical (unpaired) electrons. The highest BCUT2D eigenvalue weighted by molar-refractivity contribution is 5.76. The lowest BCUT2D eigenvalue weighted by molar-refractivity contribution is 0.0853. The zero-order valence-electron chi connectivity index (χ0n) is 20.0. The average Bonchev–Trinajstić information content (AvgIpc) is 3.22. The minimum absolute atomic E-state index is 0.597. The lowest BCUT2D eigenvalue weighted by Gasteiger charge is -2.22. The minimum atomic E-state index is 0.597. The third kappa shape index (κ3) is 5.91. The predicted molar refractivity (Wildman–Crippen MR) is 139 cm³/mol. The van der Waals surface area contributed by atoms with E-state index in [4.69, 9.17) is 9.72 Å². The van der Waals surface area contributed by atoms with Crippen molar-refractivity contribution < 1.29 is 4.74 Å². The van der Waals surface area contributed by atoms with E-state index in [1.165, 1.54) is 33.3 Å². The van der Waals surface area contributed by atoms with Crippen molar-refractivity contribution in [3.05, 3.63) is 108 Å². The van der Waals surface area contributed by atoms with Crippen molar-refractivity contribution in [1.29, 1.82) is 0 Å². The maximum Gasteiger partial charge on any atom is 0.0961 e. The van der Waals surface area contributed by atoms with Gasteiger partial charge in [0.1, 0.15) is 0 Å². The summed E-state index contributed by atoms with van der Waals surface area (Å²) in [7, 11) is 0. The maximum atomic E-state index is 5.52. The molecule has 3 nitrogen and oxygen atoms in total. The predicted octanol–water partition coefficient (Wildman–Crippen LogP) is 7.11. The quantitative estimate of drug-likeness (QED) is 0.350. The van der Waals surface area contributed by atoms with Crippen LogP contribution in [-0.2, 0) is 17.7 Å². The number of nitrogens with zero attached hydrogens (tertiary/aromatic N) is 2. The van der Waals surface area contributed by atoms with E-state index in [2.05, 4.69) is 80.5 Å². The van der Waals surface area contributed by atoms with Gasteiger partial charge in [-0.1, -0.05) is 60.2 Å². The van der Waals surface area contributed by atoms with E-state index in [1.54, 1.807) is 0 Å². The van der Waals surface area contributed by atoms with Crippen molar-refractivity contribution in [1.82, 2.24) is 9.55 Å². The van der Waals surface area contributed by atoms with E-state index < -0.39 is 0 Å². The molecule has 0 saturated carbocycles. The van der Waals surface area contributed by atoms with Crippen molar-refractivity contribution in [3.8, 4) is 0 Å². The molecule has 2 heterocycles. The molecule has 2 aromatic carbocycles. The second kappa shape index (κ2) is 10.8. The Kier molecular flexibility index (Phi) is 7.61. The summed E-state index contributed by atoms with van der Waals surface area (Å²) < 4.78 is 7.77. The molecule has 171 valence electrons. The highest BCUT2D eigenvalue weighted by Crippen LogP contribution is 2.29. The number of fused-ring (bicyclic) bond motifs is 1. The van der Waals surface area contributed by atoms with E-state index in [0.29, 0.717) is 5.92 Å². The first-order valence-corrected chi connectivity index (χ1v) is 12.0. The van der Waals surface area contributed by atoms with Crippen molar-refractivity contribution in [2.45, 2.75) is 52.0 Å². The number of benzene rings is 2. The number of aryl methyl sites for hydroxylation is 2. The highest BCUT2D eigenvalue weighted by atomic mass is 16.5. The second-order valence-corrected chi connectivity index (χ2v) is 9.12. The molecule has 3 heteroatoms. The number of rotatable bonds is 8. The molecular weight excluding hydrogens is 404 g/mol. The van der Waals surface area contributed by atoms with Crippen LogP contribution in [0.5, 0.6) is 0 Å². The van der Waals surface area contributed by atoms with E-state index in [1.807, 2.05) is 12.4 Å². The molecule has 0 spiro atoms. The van der Waals surface area contributed by atoms with Crippen LogP contribution in [0.1, 0.15) is 54.4 Å². The van der Waals surface area contributed by atoms with Gasteiger partial charge in [-0.05, 0) is 86.8 Å². The van der Waals surface area contributed by atoms with Gasteiger partial charge < -0.3 is 9.30 Å². The maximum absolute atomic E-state index is 5.52. The van der Waals surface area contributed by atoms with Gasteiger partial charge in [-0.2, -0.15) is 0 Å². The Labute approximate surface area is 198 Å². The topological polar surface area (TPSA) is 27.1 Å². The number of imidazole rings is 1. The van der Waals surface area contributed by atoms with E-state index in [0.717, 1.165) is 56.5 Å². The number of ether oxygens (including phenoxy) is 1. The first-order chi connectivity index (χ1) is 16.0. The van der Waals surface area contributed by atoms with Gasteiger partial charge in [-0.15, -0.1) is 0 Å². The van der Waals surface area contributed by atoms with Crippen LogP contribution in [0.2, 0.25) is 0 Å².